The average Bonchev–Trinajstić information content (AvgIpc) is 2.99. The van der Waals surface area contributed by atoms with Crippen LogP contribution in [0.1, 0.15) is 5.56 Å². The Morgan fingerprint density at radius 3 is 2.73 bits per heavy atom. The molecule has 1 heterocycles. The van der Waals surface area contributed by atoms with Crippen molar-refractivity contribution in [1.29, 1.82) is 0 Å². The largest absolute Gasteiger partial charge is 0.497 e. The number of hydrogen-bond donors (Lipinski definition) is 1. The predicted octanol–water partition coefficient (Wildman–Crippen LogP) is 4.16. The summed E-state index contributed by atoms with van der Waals surface area (Å²) in [5.41, 5.74) is 2.66. The van der Waals surface area contributed by atoms with Gasteiger partial charge in [0.25, 0.3) is 0 Å². The van der Waals surface area contributed by atoms with Gasteiger partial charge in [-0.3, -0.25) is 0 Å². The van der Waals surface area contributed by atoms with Gasteiger partial charge in [-0.1, -0.05) is 47.1 Å². The fourth-order valence-electron chi connectivity index (χ4n) is 2.31. The van der Waals surface area contributed by atoms with Crippen LogP contribution in [-0.4, -0.2) is 17.4 Å². The average molecular weight is 316 g/mol. The molecule has 3 aromatic rings. The number of rotatable bonds is 4. The Bertz CT molecular complexity index is 798. The van der Waals surface area contributed by atoms with Crippen molar-refractivity contribution in [1.82, 2.24) is 5.16 Å². The van der Waals surface area contributed by atoms with Crippen LogP contribution in [0.25, 0.3) is 22.6 Å². The molecule has 0 bridgehead atoms. The number of halogens is 1. The maximum Gasteiger partial charge on any atom is 0.173 e. The first kappa shape index (κ1) is 14.6. The third kappa shape index (κ3) is 2.58. The number of aromatic nitrogens is 1. The van der Waals surface area contributed by atoms with Crippen molar-refractivity contribution in [3.05, 3.63) is 59.1 Å². The highest BCUT2D eigenvalue weighted by Crippen LogP contribution is 2.36. The van der Waals surface area contributed by atoms with Gasteiger partial charge in [0.1, 0.15) is 11.4 Å². The van der Waals surface area contributed by atoms with E-state index in [1.807, 2.05) is 42.5 Å². The van der Waals surface area contributed by atoms with Crippen LogP contribution in [0.2, 0.25) is 5.02 Å². The molecule has 22 heavy (non-hydrogen) atoms. The maximum absolute atomic E-state index is 9.75. The number of methoxy groups -OCH3 is 1. The number of aliphatic hydroxyl groups is 1. The van der Waals surface area contributed by atoms with E-state index in [2.05, 4.69) is 5.16 Å². The molecule has 0 amide bonds. The molecule has 0 saturated heterocycles. The van der Waals surface area contributed by atoms with Crippen molar-refractivity contribution in [2.45, 2.75) is 6.61 Å². The molecule has 0 saturated carbocycles. The maximum atomic E-state index is 9.75. The lowest BCUT2D eigenvalue weighted by Crippen LogP contribution is -1.90. The summed E-state index contributed by atoms with van der Waals surface area (Å²) in [7, 11) is 1.60. The normalized spacial score (nSPS) is 10.7. The lowest BCUT2D eigenvalue weighted by molar-refractivity contribution is 0.281. The predicted molar refractivity (Wildman–Crippen MR) is 84.9 cm³/mol. The second-order valence-electron chi connectivity index (χ2n) is 4.71. The monoisotopic (exact) mass is 315 g/mol. The van der Waals surface area contributed by atoms with Gasteiger partial charge in [0.2, 0.25) is 0 Å². The van der Waals surface area contributed by atoms with Gasteiger partial charge in [-0.15, -0.1) is 0 Å². The topological polar surface area (TPSA) is 55.5 Å². The van der Waals surface area contributed by atoms with Gasteiger partial charge in [-0.2, -0.15) is 0 Å². The lowest BCUT2D eigenvalue weighted by Gasteiger charge is -2.04. The molecule has 0 aliphatic carbocycles. The van der Waals surface area contributed by atoms with E-state index in [0.29, 0.717) is 27.8 Å². The number of benzene rings is 2. The minimum atomic E-state index is -0.198. The number of nitrogens with zero attached hydrogens (tertiary/aromatic N) is 1. The molecule has 0 aliphatic rings. The van der Waals surface area contributed by atoms with Gasteiger partial charge in [0, 0.05) is 11.1 Å². The summed E-state index contributed by atoms with van der Waals surface area (Å²) in [6.45, 7) is -0.198. The van der Waals surface area contributed by atoms with Gasteiger partial charge in [-0.25, -0.2) is 0 Å². The van der Waals surface area contributed by atoms with Crippen LogP contribution in [0, 0.1) is 0 Å². The summed E-state index contributed by atoms with van der Waals surface area (Å²) in [5.74, 6) is 1.22. The quantitative estimate of drug-likeness (QED) is 0.785. The van der Waals surface area contributed by atoms with E-state index in [4.69, 9.17) is 20.9 Å². The molecule has 0 unspecified atom stereocenters. The molecule has 0 aliphatic heterocycles. The highest BCUT2D eigenvalue weighted by molar-refractivity contribution is 6.33. The Morgan fingerprint density at radius 2 is 2.00 bits per heavy atom. The third-order valence-corrected chi connectivity index (χ3v) is 3.74. The number of hydrogen-bond acceptors (Lipinski definition) is 4. The standard InChI is InChI=1S/C17H14ClNO3/c1-21-12-6-4-5-11(9-12)17-14(10-20)16(19-22-17)13-7-2-3-8-15(13)18/h2-9,20H,10H2,1H3. The Kier molecular flexibility index (Phi) is 4.13. The number of ether oxygens (including phenoxy) is 1. The van der Waals surface area contributed by atoms with Gasteiger partial charge >= 0.3 is 0 Å². The van der Waals surface area contributed by atoms with Crippen molar-refractivity contribution >= 4 is 11.6 Å². The number of aliphatic hydroxyl groups excluding tert-OH is 1. The molecular weight excluding hydrogens is 302 g/mol. The Labute approximate surface area is 132 Å². The zero-order valence-corrected chi connectivity index (χ0v) is 12.7. The minimum Gasteiger partial charge on any atom is -0.497 e. The van der Waals surface area contributed by atoms with E-state index < -0.39 is 0 Å². The lowest BCUT2D eigenvalue weighted by atomic mass is 10.0. The van der Waals surface area contributed by atoms with Crippen molar-refractivity contribution in [3.8, 4) is 28.3 Å². The second kappa shape index (κ2) is 6.22. The summed E-state index contributed by atoms with van der Waals surface area (Å²) in [4.78, 5) is 0. The van der Waals surface area contributed by atoms with Crippen molar-refractivity contribution in [3.63, 3.8) is 0 Å². The van der Waals surface area contributed by atoms with Crippen LogP contribution in [0.4, 0.5) is 0 Å². The first-order valence-electron chi connectivity index (χ1n) is 6.73. The molecular formula is C17H14ClNO3. The van der Waals surface area contributed by atoms with Crippen LogP contribution in [0.15, 0.2) is 53.1 Å². The SMILES string of the molecule is COc1cccc(-c2onc(-c3ccccc3Cl)c2CO)c1. The van der Waals surface area contributed by atoms with E-state index >= 15 is 0 Å². The molecule has 1 N–H and O–H groups in total. The summed E-state index contributed by atoms with van der Waals surface area (Å²) in [6, 6.07) is 14.7. The van der Waals surface area contributed by atoms with Crippen LogP contribution >= 0.6 is 11.6 Å². The molecule has 0 fully saturated rings. The van der Waals surface area contributed by atoms with Gasteiger partial charge in [0.05, 0.1) is 24.3 Å². The molecule has 1 aromatic heterocycles. The first-order chi connectivity index (χ1) is 10.7. The Hall–Kier alpha value is -2.30. The van der Waals surface area contributed by atoms with Crippen LogP contribution in [0.5, 0.6) is 5.75 Å². The van der Waals surface area contributed by atoms with Crippen molar-refractivity contribution in [2.75, 3.05) is 7.11 Å². The van der Waals surface area contributed by atoms with E-state index in [1.54, 1.807) is 13.2 Å². The fraction of sp³-hybridized carbons (Fsp3) is 0.118. The summed E-state index contributed by atoms with van der Waals surface area (Å²) in [5, 5.41) is 14.4. The summed E-state index contributed by atoms with van der Waals surface area (Å²) < 4.78 is 10.7. The fourth-order valence-corrected chi connectivity index (χ4v) is 2.54. The van der Waals surface area contributed by atoms with E-state index in [0.717, 1.165) is 11.1 Å². The van der Waals surface area contributed by atoms with Crippen molar-refractivity contribution in [2.24, 2.45) is 0 Å². The Balaban J connectivity index is 2.13. The van der Waals surface area contributed by atoms with Gasteiger partial charge < -0.3 is 14.4 Å². The molecule has 0 radical (unpaired) electrons. The molecule has 0 atom stereocenters. The summed E-state index contributed by atoms with van der Waals surface area (Å²) >= 11 is 6.21. The second-order valence-corrected chi connectivity index (χ2v) is 5.12. The van der Waals surface area contributed by atoms with Crippen LogP contribution in [0.3, 0.4) is 0 Å². The Morgan fingerprint density at radius 1 is 1.18 bits per heavy atom. The molecule has 112 valence electrons. The third-order valence-electron chi connectivity index (χ3n) is 3.41. The minimum absolute atomic E-state index is 0.198. The van der Waals surface area contributed by atoms with E-state index in [-0.39, 0.29) is 6.61 Å². The van der Waals surface area contributed by atoms with Crippen LogP contribution in [-0.2, 0) is 6.61 Å². The van der Waals surface area contributed by atoms with E-state index in [9.17, 15) is 5.11 Å². The molecule has 4 nitrogen and oxygen atoms in total. The smallest absolute Gasteiger partial charge is 0.173 e. The first-order valence-corrected chi connectivity index (χ1v) is 7.11. The molecule has 5 heteroatoms. The molecule has 3 rings (SSSR count). The zero-order chi connectivity index (χ0) is 15.5. The zero-order valence-electron chi connectivity index (χ0n) is 11.9. The van der Waals surface area contributed by atoms with Gasteiger partial charge in [0.15, 0.2) is 5.76 Å². The molecule has 0 spiro atoms. The van der Waals surface area contributed by atoms with Crippen molar-refractivity contribution < 1.29 is 14.4 Å². The van der Waals surface area contributed by atoms with Crippen LogP contribution < -0.4 is 4.74 Å². The van der Waals surface area contributed by atoms with E-state index in [1.165, 1.54) is 0 Å². The highest BCUT2D eigenvalue weighted by atomic mass is 35.5. The summed E-state index contributed by atoms with van der Waals surface area (Å²) in [6.07, 6.45) is 0. The highest BCUT2D eigenvalue weighted by Gasteiger charge is 2.20. The van der Waals surface area contributed by atoms with Gasteiger partial charge in [-0.05, 0) is 18.2 Å². The molecule has 2 aromatic carbocycles.